The minimum absolute atomic E-state index is 0. The van der Waals surface area contributed by atoms with E-state index in [1.165, 1.54) is 81.7 Å². The zero-order valence-corrected chi connectivity index (χ0v) is 58.5. The molecule has 0 bridgehead atoms. The van der Waals surface area contributed by atoms with Crippen molar-refractivity contribution in [3.05, 3.63) is 117 Å². The second-order valence-electron chi connectivity index (χ2n) is 19.8. The molecule has 0 unspecified atom stereocenters. The van der Waals surface area contributed by atoms with Crippen molar-refractivity contribution in [3.63, 3.8) is 0 Å². The first-order valence-corrected chi connectivity index (χ1v) is 35.0. The lowest BCUT2D eigenvalue weighted by atomic mass is 10.1. The van der Waals surface area contributed by atoms with E-state index in [9.17, 15) is 28.8 Å². The fraction of sp³-hybridized carbons (Fsp3) is 0.524. The molecule has 0 heterocycles. The van der Waals surface area contributed by atoms with Gasteiger partial charge in [-0.05, 0) is 112 Å². The molecular formula is C63H92ClNO10S8. The third-order valence-electron chi connectivity index (χ3n) is 11.1. The molecule has 0 spiro atoms. The third-order valence-corrected chi connectivity index (χ3v) is 18.3. The molecule has 83 heavy (non-hydrogen) atoms. The lowest BCUT2D eigenvalue weighted by Gasteiger charge is -2.13. The molecule has 4 aromatic carbocycles. The van der Waals surface area contributed by atoms with Crippen molar-refractivity contribution in [1.29, 1.82) is 0 Å². The van der Waals surface area contributed by atoms with Crippen molar-refractivity contribution < 1.29 is 47.7 Å². The van der Waals surface area contributed by atoms with Crippen molar-refractivity contribution in [3.8, 4) is 23.0 Å². The molecular weight excluding hydrogens is 1220 g/mol. The Morgan fingerprint density at radius 2 is 0.627 bits per heavy atom. The fourth-order valence-electron chi connectivity index (χ4n) is 6.35. The molecule has 0 radical (unpaired) electrons. The van der Waals surface area contributed by atoms with Gasteiger partial charge in [-0.1, -0.05) is 171 Å². The Balaban J connectivity index is 0.00000109. The van der Waals surface area contributed by atoms with Crippen LogP contribution in [0.15, 0.2) is 72.8 Å². The smallest absolute Gasteiger partial charge is 0.191 e. The predicted octanol–water partition coefficient (Wildman–Crippen LogP) is 17.0. The van der Waals surface area contributed by atoms with Crippen molar-refractivity contribution in [2.24, 2.45) is 29.4 Å². The van der Waals surface area contributed by atoms with Crippen LogP contribution in [0.2, 0.25) is 0 Å². The van der Waals surface area contributed by atoms with Crippen LogP contribution in [0.5, 0.6) is 23.0 Å². The number of benzene rings is 4. The van der Waals surface area contributed by atoms with E-state index in [1.807, 2.05) is 122 Å². The fourth-order valence-corrected chi connectivity index (χ4v) is 11.8. The monoisotopic (exact) mass is 1310 g/mol. The van der Waals surface area contributed by atoms with Crippen LogP contribution < -0.4 is 24.7 Å². The van der Waals surface area contributed by atoms with E-state index >= 15 is 0 Å². The van der Waals surface area contributed by atoms with Crippen LogP contribution >= 0.6 is 108 Å². The molecule has 0 aromatic heterocycles. The van der Waals surface area contributed by atoms with E-state index in [2.05, 4.69) is 52.1 Å². The number of nitrogens with two attached hydrogens (primary N) is 1. The van der Waals surface area contributed by atoms with Crippen molar-refractivity contribution >= 4 is 139 Å². The van der Waals surface area contributed by atoms with Crippen LogP contribution in [0.25, 0.3) is 0 Å². The first kappa shape index (κ1) is 80.2. The minimum atomic E-state index is 0. The van der Waals surface area contributed by atoms with E-state index in [1.54, 1.807) is 13.8 Å². The maximum Gasteiger partial charge on any atom is 0.191 e. The van der Waals surface area contributed by atoms with Crippen LogP contribution in [0, 0.1) is 23.7 Å². The maximum atomic E-state index is 11.9. The van der Waals surface area contributed by atoms with Crippen LogP contribution in [-0.4, -0.2) is 63.7 Å². The summed E-state index contributed by atoms with van der Waals surface area (Å²) in [4.78, 5) is 69.7. The van der Waals surface area contributed by atoms with Crippen LogP contribution in [0.3, 0.4) is 0 Å². The van der Waals surface area contributed by atoms with E-state index in [-0.39, 0.29) is 66.8 Å². The summed E-state index contributed by atoms with van der Waals surface area (Å²) < 4.78 is 22.4. The number of thiol groups is 2. The van der Waals surface area contributed by atoms with Gasteiger partial charge in [0.2, 0.25) is 0 Å². The summed E-state index contributed by atoms with van der Waals surface area (Å²) in [5.41, 5.74) is 14.3. The highest BCUT2D eigenvalue weighted by Crippen LogP contribution is 2.31. The molecule has 0 atom stereocenters. The number of thioether (sulfide) groups is 6. The number of ether oxygens (including phenoxy) is 4. The Morgan fingerprint density at radius 3 is 0.880 bits per heavy atom. The SMILES string of the molecule is CC(C)C(=O)SCc1ccc(OCCN)cc1CSC(=O)C(C)C.CCCOc1ccc(CS)c(CS)c1.CCCOc1ccc(CSC(=O)C(C)C)c(CSC(=O)C(C)C)c1.CCCOc1ccc(CSC(C)=O)c(CSC(C)=O)c1.Cl. The summed E-state index contributed by atoms with van der Waals surface area (Å²) in [6.07, 6.45) is 2.94. The van der Waals surface area contributed by atoms with Gasteiger partial charge in [-0.2, -0.15) is 25.3 Å². The van der Waals surface area contributed by atoms with Gasteiger partial charge in [0, 0.05) is 90.1 Å². The highest BCUT2D eigenvalue weighted by Gasteiger charge is 2.17. The lowest BCUT2D eigenvalue weighted by molar-refractivity contribution is -0.114. The highest BCUT2D eigenvalue weighted by molar-refractivity contribution is 8.14. The molecule has 0 amide bonds. The zero-order valence-electron chi connectivity index (χ0n) is 51.0. The molecule has 0 fully saturated rings. The Bertz CT molecular complexity index is 2460. The zero-order chi connectivity index (χ0) is 61.6. The average Bonchev–Trinajstić information content (AvgIpc) is 3.52. The molecule has 20 heteroatoms. The first-order chi connectivity index (χ1) is 39.0. The molecule has 4 rings (SSSR count). The molecule has 0 saturated carbocycles. The average molecular weight is 1320 g/mol. The summed E-state index contributed by atoms with van der Waals surface area (Å²) >= 11 is 16.4. The molecule has 0 aliphatic heterocycles. The van der Waals surface area contributed by atoms with E-state index in [0.717, 1.165) is 93.8 Å². The number of carbonyl (C=O) groups is 6. The number of halogens is 1. The van der Waals surface area contributed by atoms with Crippen LogP contribution in [-0.2, 0) is 74.8 Å². The second-order valence-corrected chi connectivity index (χ2v) is 26.7. The number of rotatable bonds is 30. The molecule has 464 valence electrons. The summed E-state index contributed by atoms with van der Waals surface area (Å²) in [6.45, 7) is 27.6. The molecule has 11 nitrogen and oxygen atoms in total. The molecule has 0 aliphatic rings. The maximum absolute atomic E-state index is 11.9. The number of carbonyl (C=O) groups excluding carboxylic acids is 6. The number of hydrogen-bond acceptors (Lipinski definition) is 19. The topological polar surface area (TPSA) is 165 Å². The molecule has 4 aromatic rings. The second kappa shape index (κ2) is 47.2. The molecule has 0 aliphatic carbocycles. The van der Waals surface area contributed by atoms with Gasteiger partial charge in [0.15, 0.2) is 30.7 Å². The Morgan fingerprint density at radius 1 is 0.386 bits per heavy atom. The van der Waals surface area contributed by atoms with Gasteiger partial charge < -0.3 is 24.7 Å². The molecule has 0 saturated heterocycles. The standard InChI is InChI=1S/C19H28O3S2.C18H27NO3S2.C15H20O3S2.C11H16OS2.ClH/c1-6-9-22-17-8-7-15(11-23-18(20)13(2)3)16(10-17)12-24-19(21)14(4)5;1-12(2)17(20)23-10-14-5-6-16(22-8-7-19)9-15(14)11-24-18(21)13(3)4;1-4-7-18-15-6-5-13(9-19-11(2)16)14(8-15)10-20-12(3)17;1-2-5-12-11-4-3-9(7-13)10(6-11)8-14;/h7-8,10,13-14H,6,9,11-12H2,1-5H3;5-6,9,12-13H,7-8,10-11,19H2,1-4H3;5-6,8H,4,7,9-10H2,1-3H3;3-4,6,13-14H,2,5,7-8H2,1H3;1H. The third kappa shape index (κ3) is 35.5. The van der Waals surface area contributed by atoms with Gasteiger partial charge in [-0.25, -0.2) is 0 Å². The van der Waals surface area contributed by atoms with Crippen molar-refractivity contribution in [2.75, 3.05) is 33.0 Å². The number of hydrogen-bond donors (Lipinski definition) is 3. The lowest BCUT2D eigenvalue weighted by Crippen LogP contribution is -2.11. The predicted molar refractivity (Wildman–Crippen MR) is 369 cm³/mol. The van der Waals surface area contributed by atoms with Crippen molar-refractivity contribution in [2.45, 2.75) is 155 Å². The summed E-state index contributed by atoms with van der Waals surface area (Å²) in [5.74, 6) is 8.60. The van der Waals surface area contributed by atoms with Gasteiger partial charge in [-0.15, -0.1) is 12.4 Å². The van der Waals surface area contributed by atoms with Gasteiger partial charge in [0.25, 0.3) is 0 Å². The van der Waals surface area contributed by atoms with Crippen molar-refractivity contribution in [1.82, 2.24) is 0 Å². The van der Waals surface area contributed by atoms with E-state index < -0.39 is 0 Å². The minimum Gasteiger partial charge on any atom is -0.494 e. The Labute approximate surface area is 540 Å². The first-order valence-electron chi connectivity index (χ1n) is 27.9. The summed E-state index contributed by atoms with van der Waals surface area (Å²) in [5, 5.41) is 0.914. The summed E-state index contributed by atoms with van der Waals surface area (Å²) in [6, 6.07) is 23.8. The normalized spacial score (nSPS) is 10.7. The van der Waals surface area contributed by atoms with E-state index in [0.29, 0.717) is 60.9 Å². The van der Waals surface area contributed by atoms with Gasteiger partial charge in [0.05, 0.1) is 19.8 Å². The molecule has 2 N–H and O–H groups in total. The highest BCUT2D eigenvalue weighted by atomic mass is 35.5. The quantitative estimate of drug-likeness (QED) is 0.0422. The Hall–Kier alpha value is -2.85. The van der Waals surface area contributed by atoms with Gasteiger partial charge >= 0.3 is 0 Å². The summed E-state index contributed by atoms with van der Waals surface area (Å²) in [7, 11) is 0. The van der Waals surface area contributed by atoms with Gasteiger partial charge in [-0.3, -0.25) is 28.8 Å². The largest absolute Gasteiger partial charge is 0.494 e. The Kier molecular flexibility index (Phi) is 45.6. The van der Waals surface area contributed by atoms with Gasteiger partial charge in [0.1, 0.15) is 29.6 Å². The van der Waals surface area contributed by atoms with E-state index in [4.69, 9.17) is 24.7 Å². The van der Waals surface area contributed by atoms with Crippen LogP contribution in [0.1, 0.15) is 154 Å². The van der Waals surface area contributed by atoms with Crippen LogP contribution in [0.4, 0.5) is 0 Å².